The first kappa shape index (κ1) is 58.5. The van der Waals surface area contributed by atoms with Crippen molar-refractivity contribution < 1.29 is 50.8 Å². The molecule has 0 aliphatic carbocycles. The molecule has 5 aromatic rings. The Balaban J connectivity index is 0.000000290. The fourth-order valence-electron chi connectivity index (χ4n) is 6.81. The second-order valence-electron chi connectivity index (χ2n) is 19.0. The number of esters is 2. The van der Waals surface area contributed by atoms with E-state index in [0.29, 0.717) is 6.61 Å². The summed E-state index contributed by atoms with van der Waals surface area (Å²) in [5.41, 5.74) is 6.13. The summed E-state index contributed by atoms with van der Waals surface area (Å²) in [6.45, 7) is 19.7. The van der Waals surface area contributed by atoms with Crippen molar-refractivity contribution in [3.05, 3.63) is 150 Å². The fourth-order valence-corrected chi connectivity index (χ4v) is 7.86. The lowest BCUT2D eigenvalue weighted by Gasteiger charge is -2.26. The summed E-state index contributed by atoms with van der Waals surface area (Å²) in [4.78, 5) is 73.0. The molecule has 5 rings (SSSR count). The zero-order chi connectivity index (χ0) is 52.9. The lowest BCUT2D eigenvalue weighted by Crippen LogP contribution is -2.47. The van der Waals surface area contributed by atoms with E-state index in [9.17, 15) is 37.2 Å². The molecule has 0 fully saturated rings. The molecule has 0 aliphatic rings. The van der Waals surface area contributed by atoms with Gasteiger partial charge in [0.05, 0.1) is 24.0 Å². The van der Waals surface area contributed by atoms with E-state index < -0.39 is 57.0 Å². The van der Waals surface area contributed by atoms with E-state index in [2.05, 4.69) is 10.6 Å². The number of aryl methyl sites for hydroxylation is 1. The van der Waals surface area contributed by atoms with Crippen molar-refractivity contribution in [2.24, 2.45) is 11.8 Å². The maximum atomic E-state index is 13.0. The first-order valence-electron chi connectivity index (χ1n) is 23.6. The molecule has 5 aromatic carbocycles. The Hall–Kier alpha value is -6.77. The van der Waals surface area contributed by atoms with Crippen molar-refractivity contribution in [3.8, 4) is 22.3 Å². The van der Waals surface area contributed by atoms with E-state index in [4.69, 9.17) is 13.7 Å². The van der Waals surface area contributed by atoms with E-state index in [0.717, 1.165) is 38.9 Å². The van der Waals surface area contributed by atoms with Crippen LogP contribution in [0, 0.1) is 18.8 Å². The molecule has 13 nitrogen and oxygen atoms in total. The highest BCUT2D eigenvalue weighted by atomic mass is 32.2. The van der Waals surface area contributed by atoms with E-state index in [1.54, 1.807) is 32.9 Å². The maximum Gasteiger partial charge on any atom is 0.317 e. The van der Waals surface area contributed by atoms with Crippen LogP contribution < -0.4 is 10.6 Å². The van der Waals surface area contributed by atoms with Gasteiger partial charge in [0.2, 0.25) is 5.91 Å². The number of hydrogen-bond acceptors (Lipinski definition) is 11. The lowest BCUT2D eigenvalue weighted by molar-refractivity contribution is -0.156. The van der Waals surface area contributed by atoms with Crippen molar-refractivity contribution in [3.63, 3.8) is 0 Å². The van der Waals surface area contributed by atoms with Crippen LogP contribution in [-0.2, 0) is 65.4 Å². The third-order valence-electron chi connectivity index (χ3n) is 10.3. The second-order valence-corrected chi connectivity index (χ2v) is 20.5. The van der Waals surface area contributed by atoms with Crippen molar-refractivity contribution in [2.75, 3.05) is 13.2 Å². The van der Waals surface area contributed by atoms with Gasteiger partial charge >= 0.3 is 11.9 Å². The normalized spacial score (nSPS) is 12.5. The van der Waals surface area contributed by atoms with Crippen molar-refractivity contribution in [2.45, 2.75) is 118 Å². The van der Waals surface area contributed by atoms with Crippen LogP contribution >= 0.6 is 0 Å². The number of nitrogens with one attached hydrogen (secondary N) is 2. The van der Waals surface area contributed by atoms with Crippen molar-refractivity contribution >= 4 is 45.4 Å². The number of amides is 2. The van der Waals surface area contributed by atoms with Crippen LogP contribution in [-0.4, -0.2) is 74.1 Å². The number of ether oxygens (including phenoxy) is 2. The average molecular weight is 991 g/mol. The summed E-state index contributed by atoms with van der Waals surface area (Å²) in [6, 6.07) is 41.7. The van der Waals surface area contributed by atoms with Crippen LogP contribution in [0.1, 0.15) is 92.3 Å². The summed E-state index contributed by atoms with van der Waals surface area (Å²) < 4.78 is 38.8. The molecule has 2 N–H and O–H groups in total. The third kappa shape index (κ3) is 21.0. The van der Waals surface area contributed by atoms with Crippen LogP contribution in [0.4, 0.5) is 0 Å². The summed E-state index contributed by atoms with van der Waals surface area (Å²) in [6.07, 6.45) is -0.922. The van der Waals surface area contributed by atoms with Gasteiger partial charge in [0.25, 0.3) is 16.0 Å². The largest absolute Gasteiger partial charge is 0.466 e. The predicted octanol–water partition coefficient (Wildman–Crippen LogP) is 9.62. The Kier molecular flexibility index (Phi) is 22.7. The topological polar surface area (TPSA) is 188 Å². The zero-order valence-corrected chi connectivity index (χ0v) is 43.7. The summed E-state index contributed by atoms with van der Waals surface area (Å²) in [5.74, 6) is -4.32. The van der Waals surface area contributed by atoms with E-state index >= 15 is 0 Å². The van der Waals surface area contributed by atoms with Gasteiger partial charge < -0.3 is 20.1 Å². The van der Waals surface area contributed by atoms with Crippen LogP contribution in [0.5, 0.6) is 0 Å². The molecule has 380 valence electrons. The van der Waals surface area contributed by atoms with Gasteiger partial charge in [-0.1, -0.05) is 134 Å². The third-order valence-corrected chi connectivity index (χ3v) is 11.7. The van der Waals surface area contributed by atoms with Crippen LogP contribution in [0.15, 0.2) is 138 Å². The van der Waals surface area contributed by atoms with Crippen molar-refractivity contribution in [1.82, 2.24) is 10.6 Å². The van der Waals surface area contributed by atoms with Crippen LogP contribution in [0.3, 0.4) is 0 Å². The molecule has 0 radical (unpaired) electrons. The van der Waals surface area contributed by atoms with Gasteiger partial charge in [-0.25, -0.2) is 0 Å². The van der Waals surface area contributed by atoms with E-state index in [1.807, 2.05) is 158 Å². The van der Waals surface area contributed by atoms with Gasteiger partial charge in [0.15, 0.2) is 11.9 Å². The Labute approximate surface area is 420 Å². The van der Waals surface area contributed by atoms with Gasteiger partial charge in [-0.2, -0.15) is 8.42 Å². The van der Waals surface area contributed by atoms with Crippen LogP contribution in [0.25, 0.3) is 22.3 Å². The molecule has 1 unspecified atom stereocenters. The monoisotopic (exact) mass is 990 g/mol. The number of rotatable bonds is 18. The Morgan fingerprint density at radius 3 is 1.41 bits per heavy atom. The van der Waals surface area contributed by atoms with Gasteiger partial charge in [-0.05, 0) is 115 Å². The molecule has 2 amide bonds. The smallest absolute Gasteiger partial charge is 0.317 e. The first-order valence-corrected chi connectivity index (χ1v) is 25.0. The molecule has 0 bridgehead atoms. The molecule has 0 spiro atoms. The highest BCUT2D eigenvalue weighted by molar-refractivity contribution is 7.86. The Morgan fingerprint density at radius 2 is 0.972 bits per heavy atom. The molecule has 0 saturated carbocycles. The molecule has 14 heteroatoms. The van der Waals surface area contributed by atoms with Crippen LogP contribution in [0.2, 0.25) is 0 Å². The standard InChI is InChI=1S/C25H31NO4.C18H18O3.C14H21NO4S/c1-6-30-24(29)22(17(2)23(28)26-25(3,4)5)21(27)16-18-12-14-20(15-13-18)19-10-8-7-9-11-19;1-2-21-18(20)13-17(19)12-14-8-10-16(11-9-14)15-6-4-3-5-7-15;1-10-6-8-12(9-7-10)20(17,18)19-11(2)13(16)15-14(3,4)5/h7-15,17,22H,6,16H2,1-5H3,(H,26,28);3-11H,2,12-13H2,1H3;6-9,11H,1-5H3,(H,15,16)/t17-,22?;;11-/m1.1/s1. The summed E-state index contributed by atoms with van der Waals surface area (Å²) in [5, 5.41) is 5.52. The average Bonchev–Trinajstić information content (AvgIpc) is 3.29. The predicted molar refractivity (Wildman–Crippen MR) is 276 cm³/mol. The maximum absolute atomic E-state index is 13.0. The highest BCUT2D eigenvalue weighted by Crippen LogP contribution is 2.24. The minimum Gasteiger partial charge on any atom is -0.466 e. The SMILES string of the molecule is CCOC(=O)C(C(=O)Cc1ccc(-c2ccccc2)cc1)[C@@H](C)C(=O)NC(C)(C)C.CCOC(=O)CC(=O)Cc1ccc(-c2ccccc2)cc1.Cc1ccc(S(=O)(=O)O[C@H](C)C(=O)NC(C)(C)C)cc1. The molecule has 0 aliphatic heterocycles. The molecular formula is C57H70N2O11S. The fraction of sp³-hybridized carbons (Fsp3) is 0.368. The quantitative estimate of drug-likeness (QED) is 0.0483. The van der Waals surface area contributed by atoms with E-state index in [-0.39, 0.29) is 48.2 Å². The summed E-state index contributed by atoms with van der Waals surface area (Å²) in [7, 11) is -3.94. The minimum atomic E-state index is -3.94. The number of carbonyl (C=O) groups is 6. The van der Waals surface area contributed by atoms with Crippen molar-refractivity contribution in [1.29, 1.82) is 0 Å². The van der Waals surface area contributed by atoms with Gasteiger partial charge in [-0.3, -0.25) is 33.0 Å². The highest BCUT2D eigenvalue weighted by Gasteiger charge is 2.38. The molecule has 3 atom stereocenters. The minimum absolute atomic E-state index is 0.0403. The summed E-state index contributed by atoms with van der Waals surface area (Å²) >= 11 is 0. The molecule has 0 aromatic heterocycles. The lowest BCUT2D eigenvalue weighted by atomic mass is 9.85. The second kappa shape index (κ2) is 27.6. The Bertz CT molecular complexity index is 2620. The number of hydrogen-bond donors (Lipinski definition) is 2. The zero-order valence-electron chi connectivity index (χ0n) is 42.9. The molecule has 71 heavy (non-hydrogen) atoms. The van der Waals surface area contributed by atoms with Gasteiger partial charge in [0, 0.05) is 23.9 Å². The number of ketones is 2. The number of Topliss-reactive ketones (excluding diaryl/α,β-unsaturated/α-hetero) is 2. The number of benzene rings is 5. The molecule has 0 saturated heterocycles. The first-order chi connectivity index (χ1) is 33.3. The van der Waals surface area contributed by atoms with E-state index in [1.165, 1.54) is 19.1 Å². The van der Waals surface area contributed by atoms with Gasteiger partial charge in [0.1, 0.15) is 18.1 Å². The Morgan fingerprint density at radius 1 is 0.549 bits per heavy atom. The molecular weight excluding hydrogens is 921 g/mol. The van der Waals surface area contributed by atoms with Gasteiger partial charge in [-0.15, -0.1) is 0 Å². The number of carbonyl (C=O) groups excluding carboxylic acids is 6. The molecule has 0 heterocycles.